The van der Waals surface area contributed by atoms with E-state index in [1.54, 1.807) is 25.1 Å². The van der Waals surface area contributed by atoms with E-state index in [4.69, 9.17) is 23.2 Å². The van der Waals surface area contributed by atoms with Crippen LogP contribution in [0.3, 0.4) is 0 Å². The first-order chi connectivity index (χ1) is 15.7. The van der Waals surface area contributed by atoms with Gasteiger partial charge in [0.15, 0.2) is 0 Å². The Hall–Kier alpha value is -2.71. The predicted octanol–water partition coefficient (Wildman–Crippen LogP) is 4.61. The first-order valence-electron chi connectivity index (χ1n) is 10.5. The summed E-state index contributed by atoms with van der Waals surface area (Å²) in [5.41, 5.74) is 0.0837. The minimum absolute atomic E-state index is 0.170. The quantitative estimate of drug-likeness (QED) is 0.633. The minimum atomic E-state index is -0.917. The molecule has 176 valence electrons. The van der Waals surface area contributed by atoms with Crippen molar-refractivity contribution in [2.24, 2.45) is 5.92 Å². The van der Waals surface area contributed by atoms with Crippen molar-refractivity contribution in [1.29, 1.82) is 0 Å². The zero-order valence-corrected chi connectivity index (χ0v) is 19.4. The van der Waals surface area contributed by atoms with Gasteiger partial charge < -0.3 is 15.1 Å². The van der Waals surface area contributed by atoms with E-state index in [0.717, 1.165) is 12.1 Å². The molecule has 6 nitrogen and oxygen atoms in total. The highest BCUT2D eigenvalue weighted by molar-refractivity contribution is 6.39. The number of anilines is 1. The van der Waals surface area contributed by atoms with Gasteiger partial charge >= 0.3 is 0 Å². The lowest BCUT2D eigenvalue weighted by molar-refractivity contribution is -0.139. The fraction of sp³-hybridized carbons (Fsp3) is 0.348. The molecule has 1 N–H and O–H groups in total. The normalized spacial score (nSPS) is 14.2. The number of likely N-dealkylation sites (N-methyl/N-ethyl adjacent to an activating group) is 1. The smallest absolute Gasteiger partial charge is 0.256 e. The van der Waals surface area contributed by atoms with Crippen molar-refractivity contribution in [2.45, 2.75) is 19.8 Å². The second-order valence-corrected chi connectivity index (χ2v) is 8.50. The first-order valence-corrected chi connectivity index (χ1v) is 11.2. The number of likely N-dealkylation sites (tertiary alicyclic amines) is 1. The molecule has 3 amide bonds. The summed E-state index contributed by atoms with van der Waals surface area (Å²) in [5, 5.41) is 3.22. The number of para-hydroxylation sites is 1. The van der Waals surface area contributed by atoms with Crippen LogP contribution in [-0.4, -0.2) is 53.7 Å². The molecular formula is C23H23Cl2F2N3O3. The Kier molecular flexibility index (Phi) is 8.26. The molecule has 0 saturated carbocycles. The Balaban J connectivity index is 1.57. The molecule has 0 unspecified atom stereocenters. The average molecular weight is 498 g/mol. The molecule has 2 aromatic carbocycles. The number of hydrogen-bond donors (Lipinski definition) is 1. The van der Waals surface area contributed by atoms with E-state index in [0.29, 0.717) is 35.5 Å². The van der Waals surface area contributed by atoms with Crippen LogP contribution in [0.2, 0.25) is 10.0 Å². The summed E-state index contributed by atoms with van der Waals surface area (Å²) < 4.78 is 27.0. The van der Waals surface area contributed by atoms with Crippen molar-refractivity contribution >= 4 is 46.6 Å². The van der Waals surface area contributed by atoms with Crippen LogP contribution in [0.5, 0.6) is 0 Å². The van der Waals surface area contributed by atoms with Gasteiger partial charge in [-0.05, 0) is 44.0 Å². The Morgan fingerprint density at radius 2 is 1.73 bits per heavy atom. The van der Waals surface area contributed by atoms with Gasteiger partial charge in [0.1, 0.15) is 11.6 Å². The standard InChI is InChI=1S/C23H23Cl2F2N3O3/c1-2-29(13-20(31)28-21-17(24)4-3-5-18(21)25)22(32)14-8-10-30(11-9-14)23(33)16-7-6-15(26)12-19(16)27/h3-7,12,14H,2,8-11,13H2,1H3,(H,28,31). The summed E-state index contributed by atoms with van der Waals surface area (Å²) in [6, 6.07) is 7.67. The Labute approximate surface area is 200 Å². The molecule has 1 fully saturated rings. The van der Waals surface area contributed by atoms with Crippen LogP contribution in [-0.2, 0) is 9.59 Å². The van der Waals surface area contributed by atoms with Crippen LogP contribution in [0.4, 0.5) is 14.5 Å². The van der Waals surface area contributed by atoms with Gasteiger partial charge in [0.2, 0.25) is 11.8 Å². The monoisotopic (exact) mass is 497 g/mol. The van der Waals surface area contributed by atoms with Crippen molar-refractivity contribution in [3.05, 3.63) is 63.6 Å². The minimum Gasteiger partial charge on any atom is -0.339 e. The predicted molar refractivity (Wildman–Crippen MR) is 122 cm³/mol. The second kappa shape index (κ2) is 10.9. The third kappa shape index (κ3) is 6.00. The molecule has 1 aliphatic rings. The van der Waals surface area contributed by atoms with E-state index in [2.05, 4.69) is 5.32 Å². The number of piperidine rings is 1. The molecule has 0 aliphatic carbocycles. The van der Waals surface area contributed by atoms with Gasteiger partial charge in [-0.15, -0.1) is 0 Å². The van der Waals surface area contributed by atoms with E-state index in [9.17, 15) is 23.2 Å². The van der Waals surface area contributed by atoms with Crippen molar-refractivity contribution in [3.63, 3.8) is 0 Å². The number of halogens is 4. The fourth-order valence-corrected chi connectivity index (χ4v) is 4.23. The summed E-state index contributed by atoms with van der Waals surface area (Å²) in [7, 11) is 0. The fourth-order valence-electron chi connectivity index (χ4n) is 3.74. The number of nitrogens with zero attached hydrogens (tertiary/aromatic N) is 2. The number of carbonyl (C=O) groups excluding carboxylic acids is 3. The highest BCUT2D eigenvalue weighted by atomic mass is 35.5. The molecule has 0 atom stereocenters. The molecule has 0 aromatic heterocycles. The van der Waals surface area contributed by atoms with Crippen molar-refractivity contribution in [1.82, 2.24) is 9.80 Å². The number of nitrogens with one attached hydrogen (secondary N) is 1. The molecule has 0 spiro atoms. The molecular weight excluding hydrogens is 475 g/mol. The zero-order chi connectivity index (χ0) is 24.1. The van der Waals surface area contributed by atoms with Gasteiger partial charge in [-0.3, -0.25) is 14.4 Å². The molecule has 1 saturated heterocycles. The molecule has 0 radical (unpaired) electrons. The summed E-state index contributed by atoms with van der Waals surface area (Å²) in [6.07, 6.45) is 0.754. The largest absolute Gasteiger partial charge is 0.339 e. The summed E-state index contributed by atoms with van der Waals surface area (Å²) in [5.74, 6) is -3.21. The van der Waals surface area contributed by atoms with E-state index in [1.165, 1.54) is 9.80 Å². The maximum absolute atomic E-state index is 13.9. The zero-order valence-electron chi connectivity index (χ0n) is 17.9. The average Bonchev–Trinajstić information content (AvgIpc) is 2.79. The lowest BCUT2D eigenvalue weighted by Gasteiger charge is -2.34. The molecule has 1 aliphatic heterocycles. The van der Waals surface area contributed by atoms with Crippen LogP contribution in [0.1, 0.15) is 30.1 Å². The number of rotatable bonds is 6. The lowest BCUT2D eigenvalue weighted by Crippen LogP contribution is -2.46. The van der Waals surface area contributed by atoms with Gasteiger partial charge in [0.05, 0.1) is 27.8 Å². The van der Waals surface area contributed by atoms with Crippen LogP contribution in [0, 0.1) is 17.6 Å². The SMILES string of the molecule is CCN(CC(=O)Nc1c(Cl)cccc1Cl)C(=O)C1CCN(C(=O)c2ccc(F)cc2F)CC1. The lowest BCUT2D eigenvalue weighted by atomic mass is 9.94. The highest BCUT2D eigenvalue weighted by Crippen LogP contribution is 2.30. The van der Waals surface area contributed by atoms with Gasteiger partial charge in [-0.25, -0.2) is 8.78 Å². The molecule has 0 bridgehead atoms. The van der Waals surface area contributed by atoms with E-state index >= 15 is 0 Å². The number of amides is 3. The molecule has 3 rings (SSSR count). The number of carbonyl (C=O) groups is 3. The first kappa shape index (κ1) is 24.9. The van der Waals surface area contributed by atoms with E-state index < -0.39 is 23.4 Å². The third-order valence-electron chi connectivity index (χ3n) is 5.55. The molecule has 33 heavy (non-hydrogen) atoms. The van der Waals surface area contributed by atoms with Crippen LogP contribution >= 0.6 is 23.2 Å². The second-order valence-electron chi connectivity index (χ2n) is 7.69. The van der Waals surface area contributed by atoms with E-state index in [1.807, 2.05) is 0 Å². The molecule has 2 aromatic rings. The van der Waals surface area contributed by atoms with Gasteiger partial charge in [0.25, 0.3) is 5.91 Å². The van der Waals surface area contributed by atoms with Crippen molar-refractivity contribution < 1.29 is 23.2 Å². The van der Waals surface area contributed by atoms with Gasteiger partial charge in [-0.1, -0.05) is 29.3 Å². The van der Waals surface area contributed by atoms with Crippen molar-refractivity contribution in [2.75, 3.05) is 31.5 Å². The highest BCUT2D eigenvalue weighted by Gasteiger charge is 2.31. The molecule has 1 heterocycles. The maximum atomic E-state index is 13.9. The third-order valence-corrected chi connectivity index (χ3v) is 6.18. The topological polar surface area (TPSA) is 69.7 Å². The Morgan fingerprint density at radius 1 is 1.09 bits per heavy atom. The number of hydrogen-bond acceptors (Lipinski definition) is 3. The van der Waals surface area contributed by atoms with E-state index in [-0.39, 0.29) is 42.7 Å². The Bertz CT molecular complexity index is 1040. The maximum Gasteiger partial charge on any atom is 0.256 e. The van der Waals surface area contributed by atoms with Crippen LogP contribution in [0.15, 0.2) is 36.4 Å². The summed E-state index contributed by atoms with van der Waals surface area (Å²) in [6.45, 7) is 2.43. The summed E-state index contributed by atoms with van der Waals surface area (Å²) >= 11 is 12.2. The molecule has 10 heteroatoms. The van der Waals surface area contributed by atoms with Crippen LogP contribution in [0.25, 0.3) is 0 Å². The Morgan fingerprint density at radius 3 is 2.30 bits per heavy atom. The van der Waals surface area contributed by atoms with Gasteiger partial charge in [0, 0.05) is 31.6 Å². The van der Waals surface area contributed by atoms with Crippen LogP contribution < -0.4 is 5.32 Å². The van der Waals surface area contributed by atoms with Crippen molar-refractivity contribution in [3.8, 4) is 0 Å². The van der Waals surface area contributed by atoms with Gasteiger partial charge in [-0.2, -0.15) is 0 Å². The number of benzene rings is 2. The summed E-state index contributed by atoms with van der Waals surface area (Å²) in [4.78, 5) is 40.9.